The summed E-state index contributed by atoms with van der Waals surface area (Å²) in [6.07, 6.45) is 1.46. The predicted octanol–water partition coefficient (Wildman–Crippen LogP) is 0.790. The Bertz CT molecular complexity index is 407. The molecule has 6 nitrogen and oxygen atoms in total. The van der Waals surface area contributed by atoms with Gasteiger partial charge < -0.3 is 9.64 Å². The van der Waals surface area contributed by atoms with Crippen LogP contribution in [0, 0.1) is 0 Å². The first-order valence-electron chi connectivity index (χ1n) is 5.04. The second-order valence-corrected chi connectivity index (χ2v) is 3.63. The summed E-state index contributed by atoms with van der Waals surface area (Å²) in [7, 11) is 8.23. The molecule has 6 heteroatoms. The lowest BCUT2D eigenvalue weighted by atomic mass is 10.2. The molecule has 1 aromatic rings. The number of hydrogen-bond donors (Lipinski definition) is 0. The third kappa shape index (κ3) is 2.85. The lowest BCUT2D eigenvalue weighted by Gasteiger charge is -2.18. The van der Waals surface area contributed by atoms with E-state index in [1.807, 2.05) is 19.0 Å². The van der Waals surface area contributed by atoms with Crippen LogP contribution in [0.3, 0.4) is 0 Å². The van der Waals surface area contributed by atoms with E-state index >= 15 is 0 Å². The Kier molecular flexibility index (Phi) is 4.28. The van der Waals surface area contributed by atoms with Crippen LogP contribution in [0.25, 0.3) is 0 Å². The van der Waals surface area contributed by atoms with Gasteiger partial charge in [-0.25, -0.2) is 10.0 Å². The van der Waals surface area contributed by atoms with Gasteiger partial charge in [0.15, 0.2) is 0 Å². The second kappa shape index (κ2) is 5.49. The minimum Gasteiger partial charge on any atom is -0.480 e. The summed E-state index contributed by atoms with van der Waals surface area (Å²) in [6, 6.07) is 1.71. The number of rotatable bonds is 4. The van der Waals surface area contributed by atoms with Crippen molar-refractivity contribution >= 4 is 11.6 Å². The molecule has 1 aromatic heterocycles. The molecule has 17 heavy (non-hydrogen) atoms. The number of pyridine rings is 1. The zero-order valence-corrected chi connectivity index (χ0v) is 10.7. The largest absolute Gasteiger partial charge is 0.480 e. The quantitative estimate of drug-likeness (QED) is 0.727. The Labute approximate surface area is 101 Å². The Morgan fingerprint density at radius 2 is 1.94 bits per heavy atom. The summed E-state index contributed by atoms with van der Waals surface area (Å²) < 4.78 is 5.12. The van der Waals surface area contributed by atoms with Crippen LogP contribution in [0.1, 0.15) is 10.4 Å². The van der Waals surface area contributed by atoms with Crippen LogP contribution < -0.4 is 9.64 Å². The van der Waals surface area contributed by atoms with E-state index in [-0.39, 0.29) is 5.91 Å². The molecular weight excluding hydrogens is 222 g/mol. The first kappa shape index (κ1) is 13.2. The van der Waals surface area contributed by atoms with Gasteiger partial charge in [0.2, 0.25) is 5.88 Å². The fourth-order valence-electron chi connectivity index (χ4n) is 1.30. The minimum atomic E-state index is -0.259. The Morgan fingerprint density at radius 1 is 1.29 bits per heavy atom. The summed E-state index contributed by atoms with van der Waals surface area (Å²) in [5, 5.41) is 1.14. The average Bonchev–Trinajstić information content (AvgIpc) is 2.35. The number of carbonyl (C=O) groups is 1. The second-order valence-electron chi connectivity index (χ2n) is 3.63. The topological polar surface area (TPSA) is 54.9 Å². The SMILES string of the molecule is COc1ncc(C(=O)N(C)OC)cc1N(C)C. The highest BCUT2D eigenvalue weighted by molar-refractivity contribution is 5.94. The molecule has 1 heterocycles. The first-order valence-corrected chi connectivity index (χ1v) is 5.04. The molecule has 1 rings (SSSR count). The molecule has 0 saturated heterocycles. The molecule has 0 aliphatic heterocycles. The highest BCUT2D eigenvalue weighted by Gasteiger charge is 2.15. The summed E-state index contributed by atoms with van der Waals surface area (Å²) in [5.41, 5.74) is 1.18. The predicted molar refractivity (Wildman–Crippen MR) is 64.2 cm³/mol. The van der Waals surface area contributed by atoms with Gasteiger partial charge in [-0.3, -0.25) is 9.63 Å². The molecular formula is C11H17N3O3. The molecule has 0 saturated carbocycles. The van der Waals surface area contributed by atoms with Crippen molar-refractivity contribution in [2.75, 3.05) is 40.3 Å². The van der Waals surface area contributed by atoms with Crippen LogP contribution in [0.4, 0.5) is 5.69 Å². The molecule has 0 fully saturated rings. The molecule has 1 amide bonds. The highest BCUT2D eigenvalue weighted by atomic mass is 16.7. The molecule has 0 radical (unpaired) electrons. The van der Waals surface area contributed by atoms with Crippen LogP contribution in [0.15, 0.2) is 12.3 Å². The van der Waals surface area contributed by atoms with Crippen molar-refractivity contribution in [3.63, 3.8) is 0 Å². The van der Waals surface area contributed by atoms with Crippen molar-refractivity contribution in [3.8, 4) is 5.88 Å². The van der Waals surface area contributed by atoms with Gasteiger partial charge in [0.25, 0.3) is 5.91 Å². The normalized spacial score (nSPS) is 9.94. The van der Waals surface area contributed by atoms with E-state index in [9.17, 15) is 4.79 Å². The number of methoxy groups -OCH3 is 1. The van der Waals surface area contributed by atoms with Gasteiger partial charge in [-0.15, -0.1) is 0 Å². The molecule has 94 valence electrons. The lowest BCUT2D eigenvalue weighted by molar-refractivity contribution is -0.0757. The molecule has 0 bridgehead atoms. The van der Waals surface area contributed by atoms with Crippen molar-refractivity contribution in [1.29, 1.82) is 0 Å². The highest BCUT2D eigenvalue weighted by Crippen LogP contribution is 2.25. The van der Waals surface area contributed by atoms with Crippen LogP contribution in [-0.2, 0) is 4.84 Å². The standard InChI is InChI=1S/C11H17N3O3/c1-13(2)9-6-8(7-12-10(9)16-4)11(15)14(3)17-5/h6-7H,1-5H3. The molecule has 0 aliphatic carbocycles. The number of amides is 1. The fraction of sp³-hybridized carbons (Fsp3) is 0.455. The van der Waals surface area contributed by atoms with Crippen molar-refractivity contribution in [3.05, 3.63) is 17.8 Å². The molecule has 0 aliphatic rings. The number of aromatic nitrogens is 1. The van der Waals surface area contributed by atoms with Crippen LogP contribution in [-0.4, -0.2) is 51.3 Å². The maximum Gasteiger partial charge on any atom is 0.278 e. The van der Waals surface area contributed by atoms with Gasteiger partial charge in [-0.05, 0) is 6.07 Å². The summed E-state index contributed by atoms with van der Waals surface area (Å²) in [5.74, 6) is 0.220. The number of hydroxylamine groups is 2. The average molecular weight is 239 g/mol. The molecule has 0 spiro atoms. The smallest absolute Gasteiger partial charge is 0.278 e. The van der Waals surface area contributed by atoms with E-state index in [0.717, 1.165) is 10.8 Å². The minimum absolute atomic E-state index is 0.259. The van der Waals surface area contributed by atoms with Gasteiger partial charge in [0.05, 0.1) is 19.8 Å². The molecule has 0 N–H and O–H groups in total. The zero-order chi connectivity index (χ0) is 13.0. The van der Waals surface area contributed by atoms with E-state index in [4.69, 9.17) is 9.57 Å². The van der Waals surface area contributed by atoms with Crippen molar-refractivity contribution < 1.29 is 14.4 Å². The summed E-state index contributed by atoms with van der Waals surface area (Å²) >= 11 is 0. The maximum absolute atomic E-state index is 11.9. The number of ether oxygens (including phenoxy) is 1. The van der Waals surface area contributed by atoms with Crippen molar-refractivity contribution in [1.82, 2.24) is 10.0 Å². The zero-order valence-electron chi connectivity index (χ0n) is 10.7. The molecule has 0 aromatic carbocycles. The number of anilines is 1. The van der Waals surface area contributed by atoms with Crippen LogP contribution in [0.2, 0.25) is 0 Å². The number of hydrogen-bond acceptors (Lipinski definition) is 5. The van der Waals surface area contributed by atoms with Crippen molar-refractivity contribution in [2.45, 2.75) is 0 Å². The van der Waals surface area contributed by atoms with E-state index in [1.165, 1.54) is 20.4 Å². The fourth-order valence-corrected chi connectivity index (χ4v) is 1.30. The Hall–Kier alpha value is -1.82. The third-order valence-electron chi connectivity index (χ3n) is 2.31. The van der Waals surface area contributed by atoms with Gasteiger partial charge in [-0.1, -0.05) is 0 Å². The van der Waals surface area contributed by atoms with E-state index in [0.29, 0.717) is 11.4 Å². The van der Waals surface area contributed by atoms with E-state index in [1.54, 1.807) is 13.1 Å². The van der Waals surface area contributed by atoms with Gasteiger partial charge in [-0.2, -0.15) is 0 Å². The number of carbonyl (C=O) groups excluding carboxylic acids is 1. The van der Waals surface area contributed by atoms with Crippen LogP contribution >= 0.6 is 0 Å². The first-order chi connectivity index (χ1) is 8.01. The lowest BCUT2D eigenvalue weighted by Crippen LogP contribution is -2.26. The van der Waals surface area contributed by atoms with E-state index < -0.39 is 0 Å². The monoisotopic (exact) mass is 239 g/mol. The molecule has 0 atom stereocenters. The van der Waals surface area contributed by atoms with Gasteiger partial charge in [0.1, 0.15) is 5.69 Å². The third-order valence-corrected chi connectivity index (χ3v) is 2.31. The van der Waals surface area contributed by atoms with Crippen molar-refractivity contribution in [2.24, 2.45) is 0 Å². The maximum atomic E-state index is 11.9. The summed E-state index contributed by atoms with van der Waals surface area (Å²) in [6.45, 7) is 0. The van der Waals surface area contributed by atoms with Gasteiger partial charge in [0, 0.05) is 27.3 Å². The number of nitrogens with zero attached hydrogens (tertiary/aromatic N) is 3. The van der Waals surface area contributed by atoms with Gasteiger partial charge >= 0.3 is 0 Å². The Morgan fingerprint density at radius 3 is 2.41 bits per heavy atom. The summed E-state index contributed by atoms with van der Waals surface area (Å²) in [4.78, 5) is 22.6. The van der Waals surface area contributed by atoms with E-state index in [2.05, 4.69) is 4.98 Å². The van der Waals surface area contributed by atoms with Crippen LogP contribution in [0.5, 0.6) is 5.88 Å². The molecule has 0 unspecified atom stereocenters. The Balaban J connectivity index is 3.12.